The van der Waals surface area contributed by atoms with Crippen molar-refractivity contribution in [1.82, 2.24) is 4.90 Å². The zero-order chi connectivity index (χ0) is 31.7. The van der Waals surface area contributed by atoms with Gasteiger partial charge in [-0.15, -0.1) is 0 Å². The summed E-state index contributed by atoms with van der Waals surface area (Å²) < 4.78 is 10.1. The van der Waals surface area contributed by atoms with Crippen molar-refractivity contribution < 1.29 is 28.7 Å². The van der Waals surface area contributed by atoms with Gasteiger partial charge >= 0.3 is 11.9 Å². The lowest BCUT2D eigenvalue weighted by Gasteiger charge is -2.30. The third-order valence-corrected chi connectivity index (χ3v) is 7.68. The summed E-state index contributed by atoms with van der Waals surface area (Å²) in [5, 5.41) is 0. The number of Topliss-reactive ketones (excluding diaryl/α,β-unsaturated/α-hetero) is 1. The predicted octanol–water partition coefficient (Wildman–Crippen LogP) is 7.84. The van der Waals surface area contributed by atoms with Crippen molar-refractivity contribution >= 4 is 35.8 Å². The molecule has 0 saturated carbocycles. The van der Waals surface area contributed by atoms with Gasteiger partial charge in [-0.05, 0) is 67.8 Å². The first-order valence-electron chi connectivity index (χ1n) is 16.1. The molecule has 1 aliphatic heterocycles. The van der Waals surface area contributed by atoms with Crippen molar-refractivity contribution in [1.29, 1.82) is 0 Å². The molecule has 1 amide bonds. The third-order valence-electron chi connectivity index (χ3n) is 7.68. The van der Waals surface area contributed by atoms with E-state index in [4.69, 9.17) is 9.47 Å². The first-order valence-corrected chi connectivity index (χ1v) is 16.1. The molecule has 0 aromatic heterocycles. The van der Waals surface area contributed by atoms with Crippen LogP contribution in [0.15, 0.2) is 59.7 Å². The number of ether oxygens (including phenoxy) is 2. The number of piperidine rings is 1. The van der Waals surface area contributed by atoms with Gasteiger partial charge < -0.3 is 14.4 Å². The number of ketones is 1. The second-order valence-electron chi connectivity index (χ2n) is 11.2. The van der Waals surface area contributed by atoms with Crippen molar-refractivity contribution in [2.24, 2.45) is 0 Å². The summed E-state index contributed by atoms with van der Waals surface area (Å²) in [6.07, 6.45) is 14.6. The van der Waals surface area contributed by atoms with E-state index in [9.17, 15) is 19.2 Å². The SMILES string of the molecule is CCCCCCCCCCCC(=O)N1C/C(=C\c2ccc(C(=O)OCC)cc2)C(=O)/C(=C/c2ccc(C(=O)OCC)cc2)C1. The topological polar surface area (TPSA) is 90.0 Å². The number of hydrogen-bond acceptors (Lipinski definition) is 6. The number of nitrogens with zero attached hydrogens (tertiary/aromatic N) is 1. The molecule has 2 aromatic carbocycles. The van der Waals surface area contributed by atoms with E-state index in [1.807, 2.05) is 0 Å². The van der Waals surface area contributed by atoms with E-state index in [0.717, 1.165) is 30.4 Å². The fourth-order valence-corrected chi connectivity index (χ4v) is 5.22. The molecule has 44 heavy (non-hydrogen) atoms. The lowest BCUT2D eigenvalue weighted by molar-refractivity contribution is -0.131. The van der Waals surface area contributed by atoms with Crippen LogP contribution in [0.4, 0.5) is 0 Å². The summed E-state index contributed by atoms with van der Waals surface area (Å²) in [4.78, 5) is 52.8. The third kappa shape index (κ3) is 10.9. The van der Waals surface area contributed by atoms with E-state index >= 15 is 0 Å². The lowest BCUT2D eigenvalue weighted by Crippen LogP contribution is -2.41. The number of carbonyl (C=O) groups is 4. The number of esters is 2. The van der Waals surface area contributed by atoms with Gasteiger partial charge in [-0.2, -0.15) is 0 Å². The van der Waals surface area contributed by atoms with Crippen LogP contribution in [0, 0.1) is 0 Å². The van der Waals surface area contributed by atoms with Crippen molar-refractivity contribution in [3.8, 4) is 0 Å². The fraction of sp³-hybridized carbons (Fsp3) is 0.459. The predicted molar refractivity (Wildman–Crippen MR) is 174 cm³/mol. The van der Waals surface area contributed by atoms with Gasteiger partial charge in [0.25, 0.3) is 0 Å². The number of hydrogen-bond donors (Lipinski definition) is 0. The Balaban J connectivity index is 1.74. The largest absolute Gasteiger partial charge is 0.462 e. The van der Waals surface area contributed by atoms with Crippen LogP contribution in [0.25, 0.3) is 12.2 Å². The van der Waals surface area contributed by atoms with E-state index in [0.29, 0.717) is 41.9 Å². The second-order valence-corrected chi connectivity index (χ2v) is 11.2. The Labute approximate surface area is 262 Å². The molecule has 0 atom stereocenters. The minimum absolute atomic E-state index is 0.0348. The standard InChI is InChI=1S/C37H47NO6/c1-4-7-8-9-10-11-12-13-14-15-34(39)38-26-32(24-28-16-20-30(21-17-28)36(41)43-5-2)35(40)33(27-38)25-29-18-22-31(23-19-29)37(42)44-6-3/h16-25H,4-15,26-27H2,1-3H3/b32-24+,33-25+. The van der Waals surface area contributed by atoms with Crippen LogP contribution in [0.2, 0.25) is 0 Å². The molecule has 0 spiro atoms. The lowest BCUT2D eigenvalue weighted by atomic mass is 9.93. The molecular weight excluding hydrogens is 554 g/mol. The minimum Gasteiger partial charge on any atom is -0.462 e. The monoisotopic (exact) mass is 601 g/mol. The molecule has 1 fully saturated rings. The Hall–Kier alpha value is -4.00. The molecule has 0 radical (unpaired) electrons. The van der Waals surface area contributed by atoms with Crippen LogP contribution >= 0.6 is 0 Å². The first kappa shape index (κ1) is 34.5. The highest BCUT2D eigenvalue weighted by atomic mass is 16.5. The quantitative estimate of drug-likeness (QED) is 0.111. The highest BCUT2D eigenvalue weighted by Gasteiger charge is 2.29. The molecule has 1 saturated heterocycles. The van der Waals surface area contributed by atoms with E-state index in [1.54, 1.807) is 79.4 Å². The molecular formula is C37H47NO6. The molecule has 7 heteroatoms. The Morgan fingerprint density at radius 3 is 1.45 bits per heavy atom. The molecule has 0 unspecified atom stereocenters. The van der Waals surface area contributed by atoms with E-state index < -0.39 is 11.9 Å². The fourth-order valence-electron chi connectivity index (χ4n) is 5.22. The van der Waals surface area contributed by atoms with Crippen LogP contribution in [0.1, 0.15) is 117 Å². The highest BCUT2D eigenvalue weighted by Crippen LogP contribution is 2.24. The number of rotatable bonds is 16. The van der Waals surface area contributed by atoms with E-state index in [-0.39, 0.29) is 24.8 Å². The van der Waals surface area contributed by atoms with Gasteiger partial charge in [0, 0.05) is 30.7 Å². The molecule has 0 N–H and O–H groups in total. The number of benzene rings is 2. The Kier molecular flexibility index (Phi) is 14.6. The minimum atomic E-state index is -0.395. The summed E-state index contributed by atoms with van der Waals surface area (Å²) in [6, 6.07) is 13.8. The van der Waals surface area contributed by atoms with Crippen molar-refractivity contribution in [3.63, 3.8) is 0 Å². The Morgan fingerprint density at radius 1 is 0.636 bits per heavy atom. The van der Waals surface area contributed by atoms with E-state index in [1.165, 1.54) is 38.5 Å². The summed E-state index contributed by atoms with van der Waals surface area (Å²) in [7, 11) is 0. The molecule has 3 rings (SSSR count). The van der Waals surface area contributed by atoms with Gasteiger partial charge in [0.1, 0.15) is 0 Å². The zero-order valence-corrected chi connectivity index (χ0v) is 26.6. The molecule has 7 nitrogen and oxygen atoms in total. The van der Waals surface area contributed by atoms with Crippen LogP contribution in [-0.2, 0) is 19.1 Å². The maximum atomic E-state index is 13.6. The summed E-state index contributed by atoms with van der Waals surface area (Å²) in [6.45, 7) is 6.79. The van der Waals surface area contributed by atoms with Gasteiger partial charge in [-0.25, -0.2) is 9.59 Å². The maximum Gasteiger partial charge on any atom is 0.338 e. The smallest absolute Gasteiger partial charge is 0.338 e. The Bertz CT molecular complexity index is 1220. The van der Waals surface area contributed by atoms with E-state index in [2.05, 4.69) is 6.92 Å². The second kappa shape index (κ2) is 18.6. The molecule has 236 valence electrons. The zero-order valence-electron chi connectivity index (χ0n) is 26.6. The summed E-state index contributed by atoms with van der Waals surface area (Å²) in [5.41, 5.74) is 3.41. The normalized spacial score (nSPS) is 15.1. The van der Waals surface area contributed by atoms with Gasteiger partial charge in [-0.1, -0.05) is 82.6 Å². The maximum absolute atomic E-state index is 13.6. The van der Waals surface area contributed by atoms with Gasteiger partial charge in [-0.3, -0.25) is 9.59 Å². The van der Waals surface area contributed by atoms with Gasteiger partial charge in [0.05, 0.1) is 24.3 Å². The van der Waals surface area contributed by atoms with Crippen molar-refractivity contribution in [2.45, 2.75) is 85.0 Å². The Morgan fingerprint density at radius 2 is 1.05 bits per heavy atom. The van der Waals surface area contributed by atoms with Crippen molar-refractivity contribution in [3.05, 3.63) is 81.9 Å². The average molecular weight is 602 g/mol. The van der Waals surface area contributed by atoms with Gasteiger partial charge in [0.2, 0.25) is 5.91 Å². The summed E-state index contributed by atoms with van der Waals surface area (Å²) >= 11 is 0. The number of unbranched alkanes of at least 4 members (excludes halogenated alkanes) is 8. The number of likely N-dealkylation sites (tertiary alicyclic amines) is 1. The van der Waals surface area contributed by atoms with Crippen LogP contribution < -0.4 is 0 Å². The van der Waals surface area contributed by atoms with Gasteiger partial charge in [0.15, 0.2) is 5.78 Å². The van der Waals surface area contributed by atoms with Crippen LogP contribution in [0.5, 0.6) is 0 Å². The number of amides is 1. The molecule has 2 aromatic rings. The molecule has 1 heterocycles. The molecule has 1 aliphatic rings. The highest BCUT2D eigenvalue weighted by molar-refractivity contribution is 6.15. The van der Waals surface area contributed by atoms with Crippen LogP contribution in [-0.4, -0.2) is 54.8 Å². The molecule has 0 aliphatic carbocycles. The molecule has 0 bridgehead atoms. The summed E-state index contributed by atoms with van der Waals surface area (Å²) in [5.74, 6) is -0.880. The van der Waals surface area contributed by atoms with Crippen LogP contribution in [0.3, 0.4) is 0 Å². The first-order chi connectivity index (χ1) is 21.4. The number of carbonyl (C=O) groups excluding carboxylic acids is 4. The average Bonchev–Trinajstić information content (AvgIpc) is 3.03. The van der Waals surface area contributed by atoms with Crippen molar-refractivity contribution in [2.75, 3.05) is 26.3 Å².